The van der Waals surface area contributed by atoms with Crippen LogP contribution in [0.3, 0.4) is 0 Å². The SMILES string of the molecule is COCOc1cc(N)cc2c1c(Cc1ccc(C(=O)O)cc1)c(C1CCOCC1)n2-c1ccc(F)c(F)c1. The van der Waals surface area contributed by atoms with Gasteiger partial charge in [0.1, 0.15) is 5.75 Å². The van der Waals surface area contributed by atoms with E-state index in [4.69, 9.17) is 19.9 Å². The summed E-state index contributed by atoms with van der Waals surface area (Å²) in [4.78, 5) is 11.4. The monoisotopic (exact) mass is 522 g/mol. The maximum absolute atomic E-state index is 14.5. The van der Waals surface area contributed by atoms with Crippen molar-refractivity contribution in [1.29, 1.82) is 0 Å². The van der Waals surface area contributed by atoms with Crippen LogP contribution in [0.5, 0.6) is 5.75 Å². The van der Waals surface area contributed by atoms with Crippen LogP contribution in [0.1, 0.15) is 45.9 Å². The van der Waals surface area contributed by atoms with Crippen molar-refractivity contribution in [2.45, 2.75) is 25.2 Å². The van der Waals surface area contributed by atoms with Gasteiger partial charge >= 0.3 is 5.97 Å². The molecule has 0 aliphatic carbocycles. The van der Waals surface area contributed by atoms with E-state index in [1.807, 2.05) is 4.57 Å². The molecule has 3 aromatic carbocycles. The maximum Gasteiger partial charge on any atom is 0.335 e. The molecule has 2 heterocycles. The second-order valence-electron chi connectivity index (χ2n) is 9.33. The average molecular weight is 523 g/mol. The third-order valence-corrected chi connectivity index (χ3v) is 6.88. The fraction of sp³-hybridized carbons (Fsp3) is 0.276. The number of nitrogens with two attached hydrogens (primary N) is 1. The van der Waals surface area contributed by atoms with Gasteiger partial charge in [-0.25, -0.2) is 13.6 Å². The number of anilines is 1. The number of nitrogen functional groups attached to an aromatic ring is 1. The quantitative estimate of drug-likeness (QED) is 0.229. The number of carbonyl (C=O) groups is 1. The highest BCUT2D eigenvalue weighted by atomic mass is 19.2. The highest BCUT2D eigenvalue weighted by Gasteiger charge is 2.29. The summed E-state index contributed by atoms with van der Waals surface area (Å²) in [5.74, 6) is -2.31. The minimum Gasteiger partial charge on any atom is -0.478 e. The van der Waals surface area contributed by atoms with E-state index in [1.54, 1.807) is 42.5 Å². The Balaban J connectivity index is 1.81. The molecule has 198 valence electrons. The van der Waals surface area contributed by atoms with Gasteiger partial charge in [0.05, 0.1) is 11.1 Å². The van der Waals surface area contributed by atoms with Crippen molar-refractivity contribution in [2.24, 2.45) is 0 Å². The van der Waals surface area contributed by atoms with Crippen molar-refractivity contribution in [3.63, 3.8) is 0 Å². The van der Waals surface area contributed by atoms with Crippen molar-refractivity contribution >= 4 is 22.6 Å². The van der Waals surface area contributed by atoms with E-state index in [1.165, 1.54) is 13.2 Å². The molecular formula is C29H28F2N2O5. The molecule has 0 saturated carbocycles. The van der Waals surface area contributed by atoms with Crippen molar-refractivity contribution in [3.05, 3.63) is 88.6 Å². The minimum absolute atomic E-state index is 0.00569. The molecule has 9 heteroatoms. The minimum atomic E-state index is -1.000. The molecule has 0 bridgehead atoms. The molecule has 4 aromatic rings. The van der Waals surface area contributed by atoms with Crippen molar-refractivity contribution < 1.29 is 32.9 Å². The van der Waals surface area contributed by atoms with E-state index in [-0.39, 0.29) is 18.3 Å². The molecule has 1 fully saturated rings. The van der Waals surface area contributed by atoms with E-state index in [0.717, 1.165) is 41.1 Å². The molecule has 0 unspecified atom stereocenters. The van der Waals surface area contributed by atoms with Crippen LogP contribution in [0, 0.1) is 11.6 Å². The Kier molecular flexibility index (Phi) is 7.31. The molecule has 0 atom stereocenters. The van der Waals surface area contributed by atoms with Crippen molar-refractivity contribution in [1.82, 2.24) is 4.57 Å². The number of ether oxygens (including phenoxy) is 3. The molecule has 5 rings (SSSR count). The number of fused-ring (bicyclic) bond motifs is 1. The number of hydrogen-bond acceptors (Lipinski definition) is 5. The molecule has 1 aromatic heterocycles. The van der Waals surface area contributed by atoms with Gasteiger partial charge in [-0.15, -0.1) is 0 Å². The van der Waals surface area contributed by atoms with Crippen LogP contribution in [-0.2, 0) is 15.9 Å². The highest BCUT2D eigenvalue weighted by Crippen LogP contribution is 2.44. The van der Waals surface area contributed by atoms with E-state index in [2.05, 4.69) is 0 Å². The molecular weight excluding hydrogens is 494 g/mol. The number of nitrogens with zero attached hydrogens (tertiary/aromatic N) is 1. The second-order valence-corrected chi connectivity index (χ2v) is 9.33. The Hall–Kier alpha value is -3.95. The molecule has 1 saturated heterocycles. The van der Waals surface area contributed by atoms with Crippen LogP contribution < -0.4 is 10.5 Å². The number of rotatable bonds is 8. The molecule has 0 radical (unpaired) electrons. The largest absolute Gasteiger partial charge is 0.478 e. The molecule has 0 amide bonds. The number of methoxy groups -OCH3 is 1. The van der Waals surface area contributed by atoms with E-state index >= 15 is 0 Å². The van der Waals surface area contributed by atoms with E-state index in [9.17, 15) is 18.7 Å². The van der Waals surface area contributed by atoms with E-state index in [0.29, 0.717) is 42.3 Å². The van der Waals surface area contributed by atoms with Gasteiger partial charge < -0.3 is 29.6 Å². The number of aromatic nitrogens is 1. The second kappa shape index (κ2) is 10.8. The van der Waals surface area contributed by atoms with Gasteiger partial charge in [-0.3, -0.25) is 0 Å². The van der Waals surface area contributed by atoms with Gasteiger partial charge in [0, 0.05) is 60.8 Å². The van der Waals surface area contributed by atoms with Crippen LogP contribution in [-0.4, -0.2) is 42.8 Å². The fourth-order valence-corrected chi connectivity index (χ4v) is 5.18. The van der Waals surface area contributed by atoms with Gasteiger partial charge in [-0.1, -0.05) is 12.1 Å². The number of hydrogen-bond donors (Lipinski definition) is 2. The first-order valence-corrected chi connectivity index (χ1v) is 12.3. The molecule has 0 spiro atoms. The van der Waals surface area contributed by atoms with Gasteiger partial charge in [-0.2, -0.15) is 0 Å². The summed E-state index contributed by atoms with van der Waals surface area (Å²) in [5, 5.41) is 10.1. The Morgan fingerprint density at radius 2 is 1.82 bits per heavy atom. The predicted molar refractivity (Wildman–Crippen MR) is 139 cm³/mol. The summed E-state index contributed by atoms with van der Waals surface area (Å²) in [6, 6.07) is 14.1. The number of carboxylic acid groups (broad SMARTS) is 1. The Morgan fingerprint density at radius 1 is 1.08 bits per heavy atom. The first-order valence-electron chi connectivity index (χ1n) is 12.3. The van der Waals surface area contributed by atoms with E-state index < -0.39 is 17.6 Å². The summed E-state index contributed by atoms with van der Waals surface area (Å²) in [5.41, 5.74) is 10.8. The smallest absolute Gasteiger partial charge is 0.335 e. The molecule has 1 aliphatic rings. The summed E-state index contributed by atoms with van der Waals surface area (Å²) in [6.07, 6.45) is 1.94. The summed E-state index contributed by atoms with van der Waals surface area (Å²) in [6.45, 7) is 1.14. The fourth-order valence-electron chi connectivity index (χ4n) is 5.18. The Labute approximate surface area is 218 Å². The number of halogens is 2. The highest BCUT2D eigenvalue weighted by molar-refractivity contribution is 5.95. The van der Waals surface area contributed by atoms with Gasteiger partial charge in [0.2, 0.25) is 0 Å². The normalized spacial score (nSPS) is 14.2. The first kappa shape index (κ1) is 25.7. The number of aromatic carboxylic acids is 1. The zero-order chi connectivity index (χ0) is 26.8. The maximum atomic E-state index is 14.5. The van der Waals surface area contributed by atoms with Crippen LogP contribution >= 0.6 is 0 Å². The Morgan fingerprint density at radius 3 is 2.47 bits per heavy atom. The van der Waals surface area contributed by atoms with Crippen molar-refractivity contribution in [3.8, 4) is 11.4 Å². The lowest BCUT2D eigenvalue weighted by molar-refractivity contribution is 0.0522. The average Bonchev–Trinajstić information content (AvgIpc) is 3.23. The lowest BCUT2D eigenvalue weighted by Gasteiger charge is -2.26. The lowest BCUT2D eigenvalue weighted by Crippen LogP contribution is -2.18. The standard InChI is InChI=1S/C29H28F2N2O5/c1-36-16-38-26-14-20(32)13-25-27(26)22(12-17-2-4-19(5-3-17)29(34)35)28(18-8-10-37-11-9-18)33(25)21-6-7-23(30)24(31)15-21/h2-7,13-15,18H,8-12,16,32H2,1H3,(H,34,35). The van der Waals surface area contributed by atoms with Crippen LogP contribution in [0.2, 0.25) is 0 Å². The lowest BCUT2D eigenvalue weighted by atomic mass is 9.90. The number of benzene rings is 3. The zero-order valence-corrected chi connectivity index (χ0v) is 20.9. The predicted octanol–water partition coefficient (Wildman–Crippen LogP) is 5.66. The Bertz CT molecular complexity index is 1480. The van der Waals surface area contributed by atoms with Gasteiger partial charge in [-0.05, 0) is 60.7 Å². The topological polar surface area (TPSA) is 95.9 Å². The first-order chi connectivity index (χ1) is 18.4. The third kappa shape index (κ3) is 4.94. The molecule has 38 heavy (non-hydrogen) atoms. The summed E-state index contributed by atoms with van der Waals surface area (Å²) < 4.78 is 47.1. The third-order valence-electron chi connectivity index (χ3n) is 6.88. The number of carboxylic acids is 1. The molecule has 3 N–H and O–H groups in total. The summed E-state index contributed by atoms with van der Waals surface area (Å²) >= 11 is 0. The molecule has 7 nitrogen and oxygen atoms in total. The van der Waals surface area contributed by atoms with Gasteiger partial charge in [0.25, 0.3) is 0 Å². The van der Waals surface area contributed by atoms with Gasteiger partial charge in [0.15, 0.2) is 18.4 Å². The zero-order valence-electron chi connectivity index (χ0n) is 20.9. The van der Waals surface area contributed by atoms with Crippen LogP contribution in [0.4, 0.5) is 14.5 Å². The molecule has 1 aliphatic heterocycles. The van der Waals surface area contributed by atoms with Crippen LogP contribution in [0.25, 0.3) is 16.6 Å². The van der Waals surface area contributed by atoms with Crippen molar-refractivity contribution in [2.75, 3.05) is 32.9 Å². The van der Waals surface area contributed by atoms with Crippen LogP contribution in [0.15, 0.2) is 54.6 Å². The summed E-state index contributed by atoms with van der Waals surface area (Å²) in [7, 11) is 1.52.